The SMILES string of the molecule is CC(F)(F)CC(F)(F)CCO.CC(F)(F)CC(F)(F)CCOC(=O)CCl.O=C(Cl)CCl. The largest absolute Gasteiger partial charge is 0.465 e. The summed E-state index contributed by atoms with van der Waals surface area (Å²) in [5.74, 6) is -15.2. The smallest absolute Gasteiger partial charge is 0.320 e. The lowest BCUT2D eigenvalue weighted by atomic mass is 10.1. The molecular formula is C16H23Cl3F8O4. The van der Waals surface area contributed by atoms with Gasteiger partial charge < -0.3 is 9.84 Å². The average Bonchev–Trinajstić information content (AvgIpc) is 2.50. The summed E-state index contributed by atoms with van der Waals surface area (Å²) in [5, 5.41) is 7.57. The minimum atomic E-state index is -3.55. The van der Waals surface area contributed by atoms with E-state index in [1.165, 1.54) is 0 Å². The van der Waals surface area contributed by atoms with E-state index in [1.807, 2.05) is 0 Å². The first-order valence-corrected chi connectivity index (χ1v) is 9.73. The van der Waals surface area contributed by atoms with E-state index in [0.717, 1.165) is 0 Å². The van der Waals surface area contributed by atoms with Crippen molar-refractivity contribution in [3.8, 4) is 0 Å². The number of carbonyl (C=O) groups is 2. The maximum atomic E-state index is 12.8. The summed E-state index contributed by atoms with van der Waals surface area (Å²) in [6.07, 6.45) is -4.89. The van der Waals surface area contributed by atoms with Gasteiger partial charge in [0.1, 0.15) is 5.88 Å². The zero-order valence-corrected chi connectivity index (χ0v) is 18.8. The molecule has 0 aromatic heterocycles. The van der Waals surface area contributed by atoms with E-state index in [0.29, 0.717) is 13.8 Å². The van der Waals surface area contributed by atoms with E-state index in [1.54, 1.807) is 0 Å². The normalized spacial score (nSPS) is 12.2. The molecule has 0 rings (SSSR count). The number of esters is 1. The fraction of sp³-hybridized carbons (Fsp3) is 0.875. The van der Waals surface area contributed by atoms with Gasteiger partial charge in [0, 0.05) is 19.4 Å². The van der Waals surface area contributed by atoms with Crippen LogP contribution in [0.4, 0.5) is 35.1 Å². The van der Waals surface area contributed by atoms with Crippen LogP contribution < -0.4 is 0 Å². The van der Waals surface area contributed by atoms with Crippen LogP contribution >= 0.6 is 34.8 Å². The van der Waals surface area contributed by atoms with Crippen LogP contribution in [0, 0.1) is 0 Å². The van der Waals surface area contributed by atoms with E-state index in [-0.39, 0.29) is 5.88 Å². The summed E-state index contributed by atoms with van der Waals surface area (Å²) in [6.45, 7) is -0.554. The average molecular weight is 538 g/mol. The molecule has 0 unspecified atom stereocenters. The molecule has 0 bridgehead atoms. The molecule has 0 spiro atoms. The Hall–Kier alpha value is -0.590. The Balaban J connectivity index is -0.000000428. The van der Waals surface area contributed by atoms with Crippen LogP contribution in [0.15, 0.2) is 0 Å². The molecule has 0 saturated heterocycles. The van der Waals surface area contributed by atoms with Crippen LogP contribution in [0.25, 0.3) is 0 Å². The quantitative estimate of drug-likeness (QED) is 0.155. The lowest BCUT2D eigenvalue weighted by molar-refractivity contribution is -0.145. The Morgan fingerprint density at radius 1 is 0.806 bits per heavy atom. The van der Waals surface area contributed by atoms with Crippen LogP contribution in [-0.2, 0) is 14.3 Å². The third kappa shape index (κ3) is 31.7. The van der Waals surface area contributed by atoms with Crippen molar-refractivity contribution < 1.29 is 54.6 Å². The van der Waals surface area contributed by atoms with Gasteiger partial charge in [-0.05, 0) is 25.4 Å². The fourth-order valence-corrected chi connectivity index (χ4v) is 1.68. The van der Waals surface area contributed by atoms with Crippen LogP contribution in [-0.4, -0.2) is 65.0 Å². The Labute approximate surface area is 189 Å². The van der Waals surface area contributed by atoms with E-state index >= 15 is 0 Å². The number of ether oxygens (including phenoxy) is 1. The van der Waals surface area contributed by atoms with Gasteiger partial charge >= 0.3 is 5.97 Å². The summed E-state index contributed by atoms with van der Waals surface area (Å²) in [5.41, 5.74) is 0. The second-order valence-electron chi connectivity index (χ2n) is 6.27. The number of aliphatic hydroxyl groups is 1. The molecule has 0 amide bonds. The van der Waals surface area contributed by atoms with Gasteiger partial charge in [-0.15, -0.1) is 23.2 Å². The van der Waals surface area contributed by atoms with Crippen molar-refractivity contribution >= 4 is 46.0 Å². The number of carbonyl (C=O) groups excluding carboxylic acids is 2. The monoisotopic (exact) mass is 536 g/mol. The molecule has 0 atom stereocenters. The number of hydrogen-bond donors (Lipinski definition) is 1. The topological polar surface area (TPSA) is 63.6 Å². The van der Waals surface area contributed by atoms with Gasteiger partial charge in [0.15, 0.2) is 0 Å². The van der Waals surface area contributed by atoms with E-state index < -0.39 is 79.7 Å². The second kappa shape index (κ2) is 16.1. The number of rotatable bonds is 11. The van der Waals surface area contributed by atoms with Crippen molar-refractivity contribution in [1.82, 2.24) is 0 Å². The Bertz CT molecular complexity index is 512. The molecular weight excluding hydrogens is 515 g/mol. The van der Waals surface area contributed by atoms with Gasteiger partial charge in [0.25, 0.3) is 23.7 Å². The summed E-state index contributed by atoms with van der Waals surface area (Å²) in [7, 11) is 0. The molecule has 0 aliphatic rings. The summed E-state index contributed by atoms with van der Waals surface area (Å²) >= 11 is 14.6. The number of aliphatic hydroxyl groups excluding tert-OH is 1. The lowest BCUT2D eigenvalue weighted by Crippen LogP contribution is -2.28. The minimum Gasteiger partial charge on any atom is -0.465 e. The molecule has 0 aromatic rings. The van der Waals surface area contributed by atoms with Gasteiger partial charge in [-0.25, -0.2) is 35.1 Å². The third-order valence-corrected chi connectivity index (χ3v) is 3.29. The van der Waals surface area contributed by atoms with Crippen LogP contribution in [0.5, 0.6) is 0 Å². The van der Waals surface area contributed by atoms with Gasteiger partial charge in [-0.1, -0.05) is 0 Å². The van der Waals surface area contributed by atoms with Crippen molar-refractivity contribution in [3.05, 3.63) is 0 Å². The van der Waals surface area contributed by atoms with Crippen molar-refractivity contribution in [3.63, 3.8) is 0 Å². The summed E-state index contributed by atoms with van der Waals surface area (Å²) in [4.78, 5) is 19.9. The maximum absolute atomic E-state index is 12.8. The highest BCUT2D eigenvalue weighted by atomic mass is 35.5. The van der Waals surface area contributed by atoms with Gasteiger partial charge in [0.05, 0.1) is 25.3 Å². The van der Waals surface area contributed by atoms with Crippen molar-refractivity contribution in [2.45, 2.75) is 63.2 Å². The maximum Gasteiger partial charge on any atom is 0.320 e. The molecule has 0 aliphatic heterocycles. The van der Waals surface area contributed by atoms with Crippen LogP contribution in [0.2, 0.25) is 0 Å². The highest BCUT2D eigenvalue weighted by molar-refractivity contribution is 6.67. The zero-order valence-electron chi connectivity index (χ0n) is 16.5. The summed E-state index contributed by atoms with van der Waals surface area (Å²) in [6, 6.07) is 0. The predicted molar refractivity (Wildman–Crippen MR) is 99.9 cm³/mol. The van der Waals surface area contributed by atoms with E-state index in [9.17, 15) is 44.7 Å². The van der Waals surface area contributed by atoms with Gasteiger partial charge in [-0.3, -0.25) is 9.59 Å². The molecule has 0 saturated carbocycles. The molecule has 0 radical (unpaired) electrons. The molecule has 4 nitrogen and oxygen atoms in total. The number of hydrogen-bond acceptors (Lipinski definition) is 4. The fourth-order valence-electron chi connectivity index (χ4n) is 1.60. The highest BCUT2D eigenvalue weighted by Crippen LogP contribution is 2.33. The van der Waals surface area contributed by atoms with E-state index in [4.69, 9.17) is 39.9 Å². The van der Waals surface area contributed by atoms with Crippen LogP contribution in [0.3, 0.4) is 0 Å². The Morgan fingerprint density at radius 2 is 1.16 bits per heavy atom. The first kappa shape index (κ1) is 35.0. The number of alkyl halides is 10. The van der Waals surface area contributed by atoms with Gasteiger partial charge in [0.2, 0.25) is 5.24 Å². The first-order valence-electron chi connectivity index (χ1n) is 8.28. The summed E-state index contributed by atoms with van der Waals surface area (Å²) < 4.78 is 103. The lowest BCUT2D eigenvalue weighted by Gasteiger charge is -2.19. The van der Waals surface area contributed by atoms with Crippen molar-refractivity contribution in [2.24, 2.45) is 0 Å². The van der Waals surface area contributed by atoms with Crippen molar-refractivity contribution in [1.29, 1.82) is 0 Å². The third-order valence-electron chi connectivity index (χ3n) is 2.56. The highest BCUT2D eigenvalue weighted by Gasteiger charge is 2.40. The Kier molecular flexibility index (Phi) is 18.2. The van der Waals surface area contributed by atoms with Crippen LogP contribution in [0.1, 0.15) is 39.5 Å². The predicted octanol–water partition coefficient (Wildman–Crippen LogP) is 5.88. The molecule has 0 heterocycles. The van der Waals surface area contributed by atoms with Crippen molar-refractivity contribution in [2.75, 3.05) is 25.0 Å². The number of halogens is 11. The molecule has 0 aromatic carbocycles. The first-order chi connectivity index (χ1) is 13.7. The molecule has 31 heavy (non-hydrogen) atoms. The molecule has 15 heteroatoms. The minimum absolute atomic E-state index is 0.0957. The van der Waals surface area contributed by atoms with Gasteiger partial charge in [-0.2, -0.15) is 0 Å². The molecule has 0 aliphatic carbocycles. The molecule has 188 valence electrons. The standard InChI is InChI=1S/C8H11ClF4O2.C6H10F4O.C2H2Cl2O/c1-7(10,11)5-8(12,13)2-3-15-6(14)4-9;1-5(7,8)4-6(9,10)2-3-11;3-1-2(4)5/h2-5H2,1H3;11H,2-4H2,1H3;1H2. The zero-order chi connectivity index (χ0) is 25.5. The second-order valence-corrected chi connectivity index (χ2v) is 7.23. The Morgan fingerprint density at radius 3 is 1.42 bits per heavy atom. The molecule has 1 N–H and O–H groups in total. The molecule has 0 fully saturated rings. The van der Waals surface area contributed by atoms with E-state index in [2.05, 4.69) is 4.74 Å².